The van der Waals surface area contributed by atoms with Gasteiger partial charge in [0.25, 0.3) is 0 Å². The summed E-state index contributed by atoms with van der Waals surface area (Å²) in [7, 11) is 1.67. The number of guanidine groups is 1. The minimum Gasteiger partial charge on any atom is -0.444 e. The van der Waals surface area contributed by atoms with Gasteiger partial charge in [-0.2, -0.15) is 0 Å². The van der Waals surface area contributed by atoms with Gasteiger partial charge in [0.05, 0.1) is 18.9 Å². The van der Waals surface area contributed by atoms with Crippen molar-refractivity contribution < 1.29 is 13.9 Å². The normalized spacial score (nSPS) is 11.7. The minimum absolute atomic E-state index is 0.425. The Morgan fingerprint density at radius 3 is 2.68 bits per heavy atom. The molecule has 1 heterocycles. The van der Waals surface area contributed by atoms with Crippen molar-refractivity contribution in [2.45, 2.75) is 33.7 Å². The first-order valence-electron chi connectivity index (χ1n) is 7.69. The summed E-state index contributed by atoms with van der Waals surface area (Å²) in [5.41, 5.74) is 0.913. The number of aliphatic imine (C=N–C) groups is 1. The van der Waals surface area contributed by atoms with Gasteiger partial charge in [-0.15, -0.1) is 0 Å². The molecular formula is C15H28N4O3. The average molecular weight is 312 g/mol. The third kappa shape index (κ3) is 7.42. The summed E-state index contributed by atoms with van der Waals surface area (Å²) in [6, 6.07) is 0. The number of aryl methyl sites for hydroxylation is 2. The van der Waals surface area contributed by atoms with E-state index in [0.717, 1.165) is 36.9 Å². The summed E-state index contributed by atoms with van der Waals surface area (Å²) in [6.07, 6.45) is 0.908. The maximum atomic E-state index is 5.52. The van der Waals surface area contributed by atoms with Crippen LogP contribution in [0, 0.1) is 13.8 Å². The Morgan fingerprint density at radius 1 is 1.23 bits per heavy atom. The van der Waals surface area contributed by atoms with Crippen molar-refractivity contribution in [3.05, 3.63) is 17.3 Å². The molecule has 0 spiro atoms. The Kier molecular flexibility index (Phi) is 9.25. The van der Waals surface area contributed by atoms with Crippen molar-refractivity contribution in [1.29, 1.82) is 0 Å². The van der Waals surface area contributed by atoms with Gasteiger partial charge in [0.15, 0.2) is 5.96 Å². The van der Waals surface area contributed by atoms with E-state index in [9.17, 15) is 0 Å². The molecule has 22 heavy (non-hydrogen) atoms. The summed E-state index contributed by atoms with van der Waals surface area (Å²) in [6.45, 7) is 9.86. The highest BCUT2D eigenvalue weighted by molar-refractivity contribution is 5.79. The molecule has 0 aromatic carbocycles. The van der Waals surface area contributed by atoms with Gasteiger partial charge in [-0.1, -0.05) is 0 Å². The molecule has 7 nitrogen and oxygen atoms in total. The zero-order valence-corrected chi connectivity index (χ0v) is 14.1. The summed E-state index contributed by atoms with van der Waals surface area (Å²) in [5.74, 6) is 2.24. The number of oxazole rings is 1. The standard InChI is InChI=1S/C15H28N4O3/c1-5-16-15(17-7-6-8-21-10-9-20-4)18-11-14-19-12(2)13(3)22-14/h5-11H2,1-4H3,(H2,16,17,18). The molecule has 1 aromatic heterocycles. The van der Waals surface area contributed by atoms with Crippen LogP contribution in [0.1, 0.15) is 30.7 Å². The van der Waals surface area contributed by atoms with E-state index in [1.807, 2.05) is 20.8 Å². The largest absolute Gasteiger partial charge is 0.444 e. The molecule has 0 aliphatic rings. The predicted molar refractivity (Wildman–Crippen MR) is 86.1 cm³/mol. The van der Waals surface area contributed by atoms with Crippen LogP contribution >= 0.6 is 0 Å². The van der Waals surface area contributed by atoms with E-state index in [1.165, 1.54) is 0 Å². The molecule has 0 saturated carbocycles. The molecule has 2 N–H and O–H groups in total. The first kappa shape index (κ1) is 18.4. The fraction of sp³-hybridized carbons (Fsp3) is 0.733. The Balaban J connectivity index is 2.29. The van der Waals surface area contributed by atoms with Crippen LogP contribution < -0.4 is 10.6 Å². The highest BCUT2D eigenvalue weighted by Gasteiger charge is 2.05. The zero-order chi connectivity index (χ0) is 16.2. The fourth-order valence-corrected chi connectivity index (χ4v) is 1.72. The highest BCUT2D eigenvalue weighted by Crippen LogP contribution is 2.08. The van der Waals surface area contributed by atoms with Crippen molar-refractivity contribution in [2.24, 2.45) is 4.99 Å². The van der Waals surface area contributed by atoms with Crippen LogP contribution in [-0.4, -0.2) is 51.0 Å². The van der Waals surface area contributed by atoms with Gasteiger partial charge < -0.3 is 24.5 Å². The lowest BCUT2D eigenvalue weighted by Crippen LogP contribution is -2.38. The highest BCUT2D eigenvalue weighted by atomic mass is 16.5. The summed E-state index contributed by atoms with van der Waals surface area (Å²) in [5, 5.41) is 6.46. The quantitative estimate of drug-likeness (QED) is 0.386. The van der Waals surface area contributed by atoms with Crippen LogP contribution in [0.3, 0.4) is 0 Å². The third-order valence-electron chi connectivity index (χ3n) is 2.98. The lowest BCUT2D eigenvalue weighted by atomic mass is 10.4. The second-order valence-corrected chi connectivity index (χ2v) is 4.83. The smallest absolute Gasteiger partial charge is 0.216 e. The van der Waals surface area contributed by atoms with Crippen LogP contribution in [0.2, 0.25) is 0 Å². The SMILES string of the molecule is CCNC(=NCc1nc(C)c(C)o1)NCCCOCCOC. The number of methoxy groups -OCH3 is 1. The number of hydrogen-bond acceptors (Lipinski definition) is 5. The molecule has 0 saturated heterocycles. The second kappa shape index (κ2) is 11.0. The van der Waals surface area contributed by atoms with E-state index in [0.29, 0.717) is 32.3 Å². The molecule has 1 aromatic rings. The summed E-state index contributed by atoms with van der Waals surface area (Å²) in [4.78, 5) is 8.78. The second-order valence-electron chi connectivity index (χ2n) is 4.83. The first-order valence-corrected chi connectivity index (χ1v) is 7.69. The average Bonchev–Trinajstić information content (AvgIpc) is 2.82. The minimum atomic E-state index is 0.425. The number of ether oxygens (including phenoxy) is 2. The van der Waals surface area contributed by atoms with Crippen LogP contribution in [0.5, 0.6) is 0 Å². The molecule has 0 amide bonds. The fourth-order valence-electron chi connectivity index (χ4n) is 1.72. The Morgan fingerprint density at radius 2 is 2.05 bits per heavy atom. The summed E-state index contributed by atoms with van der Waals surface area (Å²) >= 11 is 0. The lowest BCUT2D eigenvalue weighted by Gasteiger charge is -2.10. The van der Waals surface area contributed by atoms with Crippen molar-refractivity contribution in [3.8, 4) is 0 Å². The number of rotatable bonds is 10. The van der Waals surface area contributed by atoms with Crippen molar-refractivity contribution in [1.82, 2.24) is 15.6 Å². The van der Waals surface area contributed by atoms with E-state index in [4.69, 9.17) is 13.9 Å². The van der Waals surface area contributed by atoms with E-state index in [-0.39, 0.29) is 0 Å². The van der Waals surface area contributed by atoms with E-state index >= 15 is 0 Å². The topological polar surface area (TPSA) is 80.9 Å². The Bertz CT molecular complexity index is 426. The van der Waals surface area contributed by atoms with Crippen LogP contribution in [0.25, 0.3) is 0 Å². The van der Waals surface area contributed by atoms with Gasteiger partial charge >= 0.3 is 0 Å². The molecule has 7 heteroatoms. The van der Waals surface area contributed by atoms with Crippen LogP contribution in [0.4, 0.5) is 0 Å². The molecule has 0 aliphatic carbocycles. The number of nitrogens with zero attached hydrogens (tertiary/aromatic N) is 2. The van der Waals surface area contributed by atoms with Gasteiger partial charge in [-0.05, 0) is 27.2 Å². The predicted octanol–water partition coefficient (Wildman–Crippen LogP) is 1.40. The molecule has 126 valence electrons. The van der Waals surface area contributed by atoms with Crippen molar-refractivity contribution in [2.75, 3.05) is 40.0 Å². The molecule has 0 fully saturated rings. The van der Waals surface area contributed by atoms with Crippen LogP contribution in [-0.2, 0) is 16.0 Å². The molecule has 0 bridgehead atoms. The maximum Gasteiger partial charge on any atom is 0.216 e. The number of nitrogens with one attached hydrogen (secondary N) is 2. The number of hydrogen-bond donors (Lipinski definition) is 2. The van der Waals surface area contributed by atoms with Crippen molar-refractivity contribution in [3.63, 3.8) is 0 Å². The molecule has 0 radical (unpaired) electrons. The van der Waals surface area contributed by atoms with Gasteiger partial charge in [0, 0.05) is 26.8 Å². The molecule has 1 rings (SSSR count). The Hall–Kier alpha value is -1.60. The van der Waals surface area contributed by atoms with Gasteiger partial charge in [0.2, 0.25) is 5.89 Å². The maximum absolute atomic E-state index is 5.52. The van der Waals surface area contributed by atoms with Gasteiger partial charge in [-0.25, -0.2) is 9.98 Å². The summed E-state index contributed by atoms with van der Waals surface area (Å²) < 4.78 is 15.8. The third-order valence-corrected chi connectivity index (χ3v) is 2.98. The van der Waals surface area contributed by atoms with Crippen molar-refractivity contribution >= 4 is 5.96 Å². The van der Waals surface area contributed by atoms with Gasteiger partial charge in [0.1, 0.15) is 12.3 Å². The first-order chi connectivity index (χ1) is 10.7. The zero-order valence-electron chi connectivity index (χ0n) is 14.1. The van der Waals surface area contributed by atoms with Crippen LogP contribution in [0.15, 0.2) is 9.41 Å². The Labute approximate surface area is 132 Å². The number of aromatic nitrogens is 1. The lowest BCUT2D eigenvalue weighted by molar-refractivity contribution is 0.0698. The van der Waals surface area contributed by atoms with Gasteiger partial charge in [-0.3, -0.25) is 0 Å². The molecule has 0 atom stereocenters. The van der Waals surface area contributed by atoms with E-state index < -0.39 is 0 Å². The monoisotopic (exact) mass is 312 g/mol. The molecule has 0 unspecified atom stereocenters. The molecule has 0 aliphatic heterocycles. The van der Waals surface area contributed by atoms with E-state index in [2.05, 4.69) is 20.6 Å². The molecular weight excluding hydrogens is 284 g/mol. The van der Waals surface area contributed by atoms with E-state index in [1.54, 1.807) is 7.11 Å².